The van der Waals surface area contributed by atoms with Crippen LogP contribution in [0.25, 0.3) is 0 Å². The molecule has 3 fully saturated rings. The first-order valence-corrected chi connectivity index (χ1v) is 11.1. The topological polar surface area (TPSA) is 58.1 Å². The van der Waals surface area contributed by atoms with Crippen LogP contribution >= 0.6 is 0 Å². The van der Waals surface area contributed by atoms with Crippen molar-refractivity contribution in [2.45, 2.75) is 64.4 Å². The average molecular weight is 381 g/mol. The van der Waals surface area contributed by atoms with E-state index < -0.39 is 0 Å². The van der Waals surface area contributed by atoms with Crippen molar-refractivity contribution in [3.8, 4) is 0 Å². The van der Waals surface area contributed by atoms with Crippen LogP contribution < -0.4 is 10.6 Å². The molecule has 0 radical (unpaired) electrons. The van der Waals surface area contributed by atoms with Crippen molar-refractivity contribution in [2.24, 2.45) is 10.4 Å². The second-order valence-electron chi connectivity index (χ2n) is 8.90. The highest BCUT2D eigenvalue weighted by Crippen LogP contribution is 2.37. The van der Waals surface area contributed by atoms with Gasteiger partial charge in [-0.1, -0.05) is 19.3 Å². The number of hydrogen-bond acceptors (Lipinski definition) is 4. The summed E-state index contributed by atoms with van der Waals surface area (Å²) in [5.74, 6) is 0.946. The Balaban J connectivity index is 1.60. The number of nitrogens with zero attached hydrogens (tertiary/aromatic N) is 2. The molecule has 2 saturated heterocycles. The summed E-state index contributed by atoms with van der Waals surface area (Å²) >= 11 is 0. The molecular formula is C21H40N4O2. The zero-order valence-corrected chi connectivity index (χ0v) is 17.5. The molecule has 3 rings (SSSR count). The molecule has 1 unspecified atom stereocenters. The minimum absolute atomic E-state index is 0.0491. The Morgan fingerprint density at radius 3 is 2.44 bits per heavy atom. The molecule has 0 aromatic heterocycles. The third kappa shape index (κ3) is 6.33. The Morgan fingerprint density at radius 2 is 1.78 bits per heavy atom. The van der Waals surface area contributed by atoms with Crippen LogP contribution in [0.15, 0.2) is 4.99 Å². The monoisotopic (exact) mass is 380 g/mol. The van der Waals surface area contributed by atoms with E-state index in [0.717, 1.165) is 71.3 Å². The lowest BCUT2D eigenvalue weighted by Gasteiger charge is -2.41. The number of guanidine groups is 1. The van der Waals surface area contributed by atoms with E-state index in [2.05, 4.69) is 29.4 Å². The van der Waals surface area contributed by atoms with Gasteiger partial charge in [-0.15, -0.1) is 0 Å². The van der Waals surface area contributed by atoms with E-state index in [9.17, 15) is 0 Å². The summed E-state index contributed by atoms with van der Waals surface area (Å²) < 4.78 is 11.5. The Kier molecular flexibility index (Phi) is 7.79. The fraction of sp³-hybridized carbons (Fsp3) is 0.952. The van der Waals surface area contributed by atoms with Crippen LogP contribution in [0.2, 0.25) is 0 Å². The van der Waals surface area contributed by atoms with Gasteiger partial charge in [0, 0.05) is 51.3 Å². The number of rotatable bonds is 7. The molecule has 2 aliphatic heterocycles. The predicted octanol–water partition coefficient (Wildman–Crippen LogP) is 2.39. The summed E-state index contributed by atoms with van der Waals surface area (Å²) in [5, 5.41) is 6.98. The second-order valence-corrected chi connectivity index (χ2v) is 8.90. The Bertz CT molecular complexity index is 465. The molecule has 156 valence electrons. The molecule has 0 aromatic carbocycles. The smallest absolute Gasteiger partial charge is 0.191 e. The molecular weight excluding hydrogens is 340 g/mol. The normalized spacial score (nSPS) is 29.6. The first-order chi connectivity index (χ1) is 13.1. The molecule has 0 bridgehead atoms. The highest BCUT2D eigenvalue weighted by molar-refractivity contribution is 5.79. The van der Waals surface area contributed by atoms with E-state index in [1.54, 1.807) is 0 Å². The Labute approximate surface area is 165 Å². The van der Waals surface area contributed by atoms with Gasteiger partial charge >= 0.3 is 0 Å². The van der Waals surface area contributed by atoms with E-state index in [1.165, 1.54) is 38.6 Å². The van der Waals surface area contributed by atoms with Gasteiger partial charge in [0.1, 0.15) is 0 Å². The van der Waals surface area contributed by atoms with Crippen LogP contribution in [0.1, 0.15) is 58.8 Å². The summed E-state index contributed by atoms with van der Waals surface area (Å²) in [5.41, 5.74) is 0.276. The number of nitrogens with one attached hydrogen (secondary N) is 2. The molecule has 1 aliphatic carbocycles. The van der Waals surface area contributed by atoms with Gasteiger partial charge in [-0.25, -0.2) is 0 Å². The molecule has 2 heterocycles. The summed E-state index contributed by atoms with van der Waals surface area (Å²) in [7, 11) is 0. The maximum Gasteiger partial charge on any atom is 0.191 e. The van der Waals surface area contributed by atoms with Gasteiger partial charge in [-0.2, -0.15) is 0 Å². The standard InChI is InChI=1S/C21H40N4O2/c1-3-22-19(23-16-20(2)8-7-13-27-20)24-17-21(9-5-4-6-10-21)18-25-11-14-26-15-12-25/h3-18H2,1-2H3,(H2,22,23,24). The highest BCUT2D eigenvalue weighted by Gasteiger charge is 2.35. The Hall–Kier alpha value is -0.850. The molecule has 0 aromatic rings. The lowest BCUT2D eigenvalue weighted by molar-refractivity contribution is 0.00934. The SMILES string of the molecule is CCNC(=NCC1(CN2CCOCC2)CCCCC1)NCC1(C)CCCO1. The van der Waals surface area contributed by atoms with E-state index in [4.69, 9.17) is 14.5 Å². The zero-order valence-electron chi connectivity index (χ0n) is 17.5. The minimum atomic E-state index is -0.0491. The minimum Gasteiger partial charge on any atom is -0.379 e. The van der Waals surface area contributed by atoms with Crippen LogP contribution in [-0.2, 0) is 9.47 Å². The van der Waals surface area contributed by atoms with Crippen LogP contribution in [0.3, 0.4) is 0 Å². The van der Waals surface area contributed by atoms with Crippen LogP contribution in [0.5, 0.6) is 0 Å². The molecule has 1 atom stereocenters. The van der Waals surface area contributed by atoms with Crippen molar-refractivity contribution in [3.05, 3.63) is 0 Å². The fourth-order valence-electron chi connectivity index (χ4n) is 4.74. The van der Waals surface area contributed by atoms with Crippen molar-refractivity contribution in [2.75, 3.05) is 59.1 Å². The van der Waals surface area contributed by atoms with Gasteiger partial charge in [0.15, 0.2) is 5.96 Å². The van der Waals surface area contributed by atoms with Crippen LogP contribution in [0, 0.1) is 5.41 Å². The fourth-order valence-corrected chi connectivity index (χ4v) is 4.74. The second kappa shape index (κ2) is 10.1. The van der Waals surface area contributed by atoms with Gasteiger partial charge in [0.25, 0.3) is 0 Å². The number of morpholine rings is 1. The van der Waals surface area contributed by atoms with E-state index in [-0.39, 0.29) is 5.60 Å². The first-order valence-electron chi connectivity index (χ1n) is 11.1. The number of ether oxygens (including phenoxy) is 2. The number of hydrogen-bond donors (Lipinski definition) is 2. The molecule has 1 saturated carbocycles. The summed E-state index contributed by atoms with van der Waals surface area (Å²) in [6, 6.07) is 0. The molecule has 6 nitrogen and oxygen atoms in total. The van der Waals surface area contributed by atoms with Gasteiger partial charge < -0.3 is 20.1 Å². The third-order valence-electron chi connectivity index (χ3n) is 6.42. The molecule has 2 N–H and O–H groups in total. The van der Waals surface area contributed by atoms with E-state index in [0.29, 0.717) is 5.41 Å². The molecule has 6 heteroatoms. The maximum atomic E-state index is 5.92. The van der Waals surface area contributed by atoms with Gasteiger partial charge in [-0.05, 0) is 39.5 Å². The van der Waals surface area contributed by atoms with E-state index >= 15 is 0 Å². The largest absolute Gasteiger partial charge is 0.379 e. The van der Waals surface area contributed by atoms with E-state index in [1.807, 2.05) is 0 Å². The van der Waals surface area contributed by atoms with Crippen LogP contribution in [-0.4, -0.2) is 75.5 Å². The lowest BCUT2D eigenvalue weighted by atomic mass is 9.73. The third-order valence-corrected chi connectivity index (χ3v) is 6.42. The average Bonchev–Trinajstić information content (AvgIpc) is 3.12. The van der Waals surface area contributed by atoms with Crippen molar-refractivity contribution in [1.29, 1.82) is 0 Å². The first kappa shape index (κ1) is 20.9. The molecule has 3 aliphatic rings. The summed E-state index contributed by atoms with van der Waals surface area (Å²) in [6.45, 7) is 12.9. The van der Waals surface area contributed by atoms with Gasteiger partial charge in [0.05, 0.1) is 18.8 Å². The maximum absolute atomic E-state index is 5.92. The highest BCUT2D eigenvalue weighted by atomic mass is 16.5. The number of aliphatic imine (C=N–C) groups is 1. The zero-order chi connectivity index (χ0) is 19.0. The quantitative estimate of drug-likeness (QED) is 0.525. The molecule has 0 spiro atoms. The van der Waals surface area contributed by atoms with Crippen LogP contribution in [0.4, 0.5) is 0 Å². The van der Waals surface area contributed by atoms with Crippen molar-refractivity contribution < 1.29 is 9.47 Å². The van der Waals surface area contributed by atoms with Crippen molar-refractivity contribution in [3.63, 3.8) is 0 Å². The van der Waals surface area contributed by atoms with Gasteiger partial charge in [0.2, 0.25) is 0 Å². The molecule has 27 heavy (non-hydrogen) atoms. The van der Waals surface area contributed by atoms with Crippen molar-refractivity contribution >= 4 is 5.96 Å². The lowest BCUT2D eigenvalue weighted by Crippen LogP contribution is -2.48. The summed E-state index contributed by atoms with van der Waals surface area (Å²) in [6.07, 6.45) is 8.95. The van der Waals surface area contributed by atoms with Gasteiger partial charge in [-0.3, -0.25) is 9.89 Å². The van der Waals surface area contributed by atoms with Crippen molar-refractivity contribution in [1.82, 2.24) is 15.5 Å². The summed E-state index contributed by atoms with van der Waals surface area (Å²) in [4.78, 5) is 7.64. The predicted molar refractivity (Wildman–Crippen MR) is 110 cm³/mol. The Morgan fingerprint density at radius 1 is 1.00 bits per heavy atom. The molecule has 0 amide bonds.